The van der Waals surface area contributed by atoms with Crippen molar-refractivity contribution in [1.82, 2.24) is 24.9 Å². The molecule has 1 fully saturated rings. The number of fused-ring (bicyclic) bond motifs is 1. The molecule has 0 saturated carbocycles. The van der Waals surface area contributed by atoms with E-state index in [0.29, 0.717) is 5.56 Å². The Bertz CT molecular complexity index is 749. The average Bonchev–Trinajstić information content (AvgIpc) is 2.98. The normalized spacial score (nSPS) is 17.7. The van der Waals surface area contributed by atoms with Crippen LogP contribution in [0.3, 0.4) is 0 Å². The Morgan fingerprint density at radius 2 is 2.33 bits per heavy atom. The van der Waals surface area contributed by atoms with Crippen molar-refractivity contribution >= 4 is 17.5 Å². The number of hydrogen-bond donors (Lipinski definition) is 2. The summed E-state index contributed by atoms with van der Waals surface area (Å²) < 4.78 is 1.86. The van der Waals surface area contributed by atoms with E-state index in [1.807, 2.05) is 17.5 Å². The van der Waals surface area contributed by atoms with Crippen molar-refractivity contribution in [3.05, 3.63) is 35.8 Å². The number of aromatic nitrogens is 2. The summed E-state index contributed by atoms with van der Waals surface area (Å²) >= 11 is 0. The first kappa shape index (κ1) is 16.4. The Morgan fingerprint density at radius 3 is 3.08 bits per heavy atom. The van der Waals surface area contributed by atoms with E-state index in [2.05, 4.69) is 15.6 Å². The predicted octanol–water partition coefficient (Wildman–Crippen LogP) is 0.583. The molecule has 3 rings (SSSR count). The third-order valence-electron chi connectivity index (χ3n) is 4.45. The standard InChI is InChI=1S/C17H23N5O2/c1-12-11-22-7-5-13(8-15(22)20-12)17(24)19-10-16(23)21(2)14-4-3-6-18-9-14/h5,7-8,11,14,18H,3-4,6,9-10H2,1-2H3,(H,19,24). The molecule has 7 heteroatoms. The second-order valence-corrected chi connectivity index (χ2v) is 6.25. The van der Waals surface area contributed by atoms with Crippen LogP contribution in [0.4, 0.5) is 0 Å². The molecule has 0 aromatic carbocycles. The summed E-state index contributed by atoms with van der Waals surface area (Å²) in [7, 11) is 1.80. The van der Waals surface area contributed by atoms with Crippen molar-refractivity contribution in [1.29, 1.82) is 0 Å². The van der Waals surface area contributed by atoms with Gasteiger partial charge in [-0.2, -0.15) is 0 Å². The predicted molar refractivity (Wildman–Crippen MR) is 90.9 cm³/mol. The zero-order chi connectivity index (χ0) is 17.1. The van der Waals surface area contributed by atoms with Crippen LogP contribution >= 0.6 is 0 Å². The van der Waals surface area contributed by atoms with Crippen LogP contribution in [-0.2, 0) is 4.79 Å². The van der Waals surface area contributed by atoms with Crippen LogP contribution in [0.2, 0.25) is 0 Å². The van der Waals surface area contributed by atoms with Gasteiger partial charge < -0.3 is 19.9 Å². The van der Waals surface area contributed by atoms with E-state index in [0.717, 1.165) is 37.3 Å². The third kappa shape index (κ3) is 3.56. The van der Waals surface area contributed by atoms with Crippen molar-refractivity contribution in [2.24, 2.45) is 0 Å². The molecule has 0 radical (unpaired) electrons. The van der Waals surface area contributed by atoms with Crippen molar-refractivity contribution in [3.8, 4) is 0 Å². The number of aryl methyl sites for hydroxylation is 1. The van der Waals surface area contributed by atoms with E-state index >= 15 is 0 Å². The second kappa shape index (κ2) is 7.00. The van der Waals surface area contributed by atoms with Gasteiger partial charge in [0.25, 0.3) is 5.91 Å². The average molecular weight is 329 g/mol. The van der Waals surface area contributed by atoms with Gasteiger partial charge in [-0.05, 0) is 38.4 Å². The topological polar surface area (TPSA) is 78.7 Å². The summed E-state index contributed by atoms with van der Waals surface area (Å²) in [5.74, 6) is -0.337. The summed E-state index contributed by atoms with van der Waals surface area (Å²) in [5.41, 5.74) is 2.12. The Balaban J connectivity index is 1.58. The van der Waals surface area contributed by atoms with Gasteiger partial charge in [0.05, 0.1) is 12.2 Å². The molecule has 2 aromatic heterocycles. The molecule has 7 nitrogen and oxygen atoms in total. The van der Waals surface area contributed by atoms with Gasteiger partial charge in [0.15, 0.2) is 0 Å². The molecule has 128 valence electrons. The van der Waals surface area contributed by atoms with Gasteiger partial charge in [0.1, 0.15) is 5.65 Å². The Labute approximate surface area is 141 Å². The minimum Gasteiger partial charge on any atom is -0.343 e. The quantitative estimate of drug-likeness (QED) is 0.860. The number of rotatable bonds is 4. The van der Waals surface area contributed by atoms with Gasteiger partial charge in [-0.15, -0.1) is 0 Å². The lowest BCUT2D eigenvalue weighted by atomic mass is 10.1. The summed E-state index contributed by atoms with van der Waals surface area (Å²) in [6.45, 7) is 3.73. The van der Waals surface area contributed by atoms with Crippen LogP contribution in [0.25, 0.3) is 5.65 Å². The monoisotopic (exact) mass is 329 g/mol. The molecule has 1 atom stereocenters. The molecule has 1 aliphatic rings. The van der Waals surface area contributed by atoms with Gasteiger partial charge in [0, 0.05) is 37.6 Å². The number of carbonyl (C=O) groups excluding carboxylic acids is 2. The van der Waals surface area contributed by atoms with E-state index in [-0.39, 0.29) is 24.4 Å². The van der Waals surface area contributed by atoms with E-state index in [1.54, 1.807) is 30.3 Å². The fourth-order valence-corrected chi connectivity index (χ4v) is 3.00. The Hall–Kier alpha value is -2.41. The van der Waals surface area contributed by atoms with E-state index in [9.17, 15) is 9.59 Å². The number of hydrogen-bond acceptors (Lipinski definition) is 4. The summed E-state index contributed by atoms with van der Waals surface area (Å²) in [5, 5.41) is 5.99. The number of piperidine rings is 1. The van der Waals surface area contributed by atoms with Crippen LogP contribution in [-0.4, -0.2) is 58.8 Å². The maximum atomic E-state index is 12.3. The molecular formula is C17H23N5O2. The molecule has 3 heterocycles. The molecule has 0 aliphatic carbocycles. The highest BCUT2D eigenvalue weighted by Gasteiger charge is 2.22. The summed E-state index contributed by atoms with van der Waals surface area (Å²) in [6, 6.07) is 3.65. The maximum absolute atomic E-state index is 12.3. The lowest BCUT2D eigenvalue weighted by molar-refractivity contribution is -0.131. The van der Waals surface area contributed by atoms with Gasteiger partial charge >= 0.3 is 0 Å². The number of nitrogens with zero attached hydrogens (tertiary/aromatic N) is 3. The van der Waals surface area contributed by atoms with Gasteiger partial charge in [-0.25, -0.2) is 4.98 Å². The van der Waals surface area contributed by atoms with Crippen LogP contribution in [0.5, 0.6) is 0 Å². The molecule has 24 heavy (non-hydrogen) atoms. The molecular weight excluding hydrogens is 306 g/mol. The van der Waals surface area contributed by atoms with Crippen molar-refractivity contribution in [3.63, 3.8) is 0 Å². The van der Waals surface area contributed by atoms with Gasteiger partial charge in [-0.3, -0.25) is 9.59 Å². The number of imidazole rings is 1. The fourth-order valence-electron chi connectivity index (χ4n) is 3.00. The number of amides is 2. The molecule has 1 saturated heterocycles. The number of pyridine rings is 1. The molecule has 2 amide bonds. The summed E-state index contributed by atoms with van der Waals surface area (Å²) in [4.78, 5) is 30.6. The second-order valence-electron chi connectivity index (χ2n) is 6.25. The van der Waals surface area contributed by atoms with E-state index < -0.39 is 0 Å². The third-order valence-corrected chi connectivity index (χ3v) is 4.45. The SMILES string of the molecule is Cc1cn2ccc(C(=O)NCC(=O)N(C)C3CCCNC3)cc2n1. The minimum absolute atomic E-state index is 0.00445. The smallest absolute Gasteiger partial charge is 0.251 e. The minimum atomic E-state index is -0.262. The fraction of sp³-hybridized carbons (Fsp3) is 0.471. The molecule has 1 aliphatic heterocycles. The molecule has 2 aromatic rings. The summed E-state index contributed by atoms with van der Waals surface area (Å²) in [6.07, 6.45) is 5.76. The molecule has 0 spiro atoms. The molecule has 0 bridgehead atoms. The first-order valence-electron chi connectivity index (χ1n) is 8.24. The van der Waals surface area contributed by atoms with Crippen LogP contribution in [0.1, 0.15) is 28.9 Å². The van der Waals surface area contributed by atoms with Crippen molar-refractivity contribution in [2.45, 2.75) is 25.8 Å². The highest BCUT2D eigenvalue weighted by atomic mass is 16.2. The van der Waals surface area contributed by atoms with E-state index in [4.69, 9.17) is 0 Å². The molecule has 1 unspecified atom stereocenters. The van der Waals surface area contributed by atoms with Crippen LogP contribution < -0.4 is 10.6 Å². The Morgan fingerprint density at radius 1 is 1.50 bits per heavy atom. The first-order valence-corrected chi connectivity index (χ1v) is 8.24. The van der Waals surface area contributed by atoms with Crippen molar-refractivity contribution < 1.29 is 9.59 Å². The number of nitrogens with one attached hydrogen (secondary N) is 2. The van der Waals surface area contributed by atoms with Gasteiger partial charge in [-0.1, -0.05) is 0 Å². The van der Waals surface area contributed by atoms with Crippen LogP contribution in [0.15, 0.2) is 24.5 Å². The van der Waals surface area contributed by atoms with Crippen molar-refractivity contribution in [2.75, 3.05) is 26.7 Å². The highest BCUT2D eigenvalue weighted by Crippen LogP contribution is 2.09. The Kier molecular flexibility index (Phi) is 4.80. The lowest BCUT2D eigenvalue weighted by Crippen LogP contribution is -2.49. The number of carbonyl (C=O) groups is 2. The first-order chi connectivity index (χ1) is 11.5. The maximum Gasteiger partial charge on any atom is 0.251 e. The lowest BCUT2D eigenvalue weighted by Gasteiger charge is -2.31. The zero-order valence-corrected chi connectivity index (χ0v) is 14.1. The largest absolute Gasteiger partial charge is 0.343 e. The zero-order valence-electron chi connectivity index (χ0n) is 14.1. The molecule has 2 N–H and O–H groups in total. The van der Waals surface area contributed by atoms with Crippen LogP contribution in [0, 0.1) is 6.92 Å². The number of likely N-dealkylation sites (N-methyl/N-ethyl adjacent to an activating group) is 1. The highest BCUT2D eigenvalue weighted by molar-refractivity contribution is 5.97. The van der Waals surface area contributed by atoms with Gasteiger partial charge in [0.2, 0.25) is 5.91 Å². The van der Waals surface area contributed by atoms with E-state index in [1.165, 1.54) is 0 Å².